The van der Waals surface area contributed by atoms with Crippen LogP contribution in [-0.2, 0) is 25.8 Å². The molecule has 2 aromatic carbocycles. The lowest BCUT2D eigenvalue weighted by Crippen LogP contribution is -2.70. The van der Waals surface area contributed by atoms with E-state index in [1.54, 1.807) is 0 Å². The largest absolute Gasteiger partial charge is 0.512 e. The molecule has 22 heteroatoms. The molecule has 0 bridgehead atoms. The van der Waals surface area contributed by atoms with Gasteiger partial charge < -0.3 is 50.6 Å². The highest BCUT2D eigenvalue weighted by Gasteiger charge is 2.54. The number of β-lactam (4-membered cyclic amide) rings is 1. The van der Waals surface area contributed by atoms with Crippen molar-refractivity contribution in [2.24, 2.45) is 5.16 Å². The molecule has 8 N–H and O–H groups in total. The fourth-order valence-corrected chi connectivity index (χ4v) is 7.49. The van der Waals surface area contributed by atoms with E-state index in [1.165, 1.54) is 53.5 Å². The van der Waals surface area contributed by atoms with Gasteiger partial charge >= 0.3 is 12.1 Å². The number of nitrogens with zero attached hydrogens (tertiary/aromatic N) is 5. The lowest BCUT2D eigenvalue weighted by atomic mass is 10.1. The van der Waals surface area contributed by atoms with E-state index in [9.17, 15) is 44.7 Å². The molecule has 51 heavy (non-hydrogen) atoms. The van der Waals surface area contributed by atoms with Crippen LogP contribution in [0.25, 0.3) is 11.5 Å². The Labute approximate surface area is 297 Å². The number of amides is 2. The summed E-state index contributed by atoms with van der Waals surface area (Å²) in [5.41, 5.74) is 6.16. The number of thiazole rings is 1. The molecule has 2 amide bonds. The van der Waals surface area contributed by atoms with Gasteiger partial charge in [-0.25, -0.2) is 14.6 Å². The predicted molar refractivity (Wildman–Crippen MR) is 178 cm³/mol. The summed E-state index contributed by atoms with van der Waals surface area (Å²) in [5, 5.41) is 62.9. The fourth-order valence-electron chi connectivity index (χ4n) is 4.73. The van der Waals surface area contributed by atoms with E-state index in [0.717, 1.165) is 28.0 Å². The maximum absolute atomic E-state index is 13.5. The smallest absolute Gasteiger partial charge is 0.507 e. The van der Waals surface area contributed by atoms with Crippen LogP contribution < -0.4 is 11.1 Å². The van der Waals surface area contributed by atoms with Gasteiger partial charge in [-0.3, -0.25) is 14.5 Å². The third kappa shape index (κ3) is 7.46. The summed E-state index contributed by atoms with van der Waals surface area (Å²) in [6.45, 7) is -0.293. The molecule has 2 aliphatic heterocycles. The summed E-state index contributed by atoms with van der Waals surface area (Å²) >= 11 is 3.29. The number of anilines is 1. The van der Waals surface area contributed by atoms with E-state index in [0.29, 0.717) is 16.7 Å². The van der Waals surface area contributed by atoms with Gasteiger partial charge in [0.05, 0.1) is 0 Å². The molecule has 0 radical (unpaired) electrons. The number of carbonyl (C=O) groups is 4. The molecule has 2 atom stereocenters. The lowest BCUT2D eigenvalue weighted by Gasteiger charge is -2.49. The van der Waals surface area contributed by atoms with Gasteiger partial charge in [-0.15, -0.1) is 33.3 Å². The molecule has 6 rings (SSSR count). The minimum absolute atomic E-state index is 0.0346. The Bertz CT molecular complexity index is 2120. The number of hydrogen-bond acceptors (Lipinski definition) is 18. The number of carboxylic acid groups (broad SMARTS) is 2. The highest BCUT2D eigenvalue weighted by Crippen LogP contribution is 2.42. The van der Waals surface area contributed by atoms with Crippen LogP contribution in [0, 0.1) is 0 Å². The number of oxime groups is 1. The van der Waals surface area contributed by atoms with Gasteiger partial charge in [-0.05, 0) is 35.9 Å². The Morgan fingerprint density at radius 1 is 1.10 bits per heavy atom. The number of nitrogen functional groups attached to an aromatic ring is 1. The van der Waals surface area contributed by atoms with Gasteiger partial charge in [0.25, 0.3) is 17.0 Å². The molecule has 0 aliphatic carbocycles. The van der Waals surface area contributed by atoms with Crippen molar-refractivity contribution in [2.45, 2.75) is 23.2 Å². The van der Waals surface area contributed by atoms with Crippen molar-refractivity contribution in [3.8, 4) is 28.7 Å². The van der Waals surface area contributed by atoms with E-state index in [4.69, 9.17) is 19.7 Å². The monoisotopic (exact) mass is 757 g/mol. The third-order valence-electron chi connectivity index (χ3n) is 7.12. The van der Waals surface area contributed by atoms with Crippen molar-refractivity contribution in [1.29, 1.82) is 0 Å². The van der Waals surface area contributed by atoms with E-state index in [-0.39, 0.29) is 68.7 Å². The van der Waals surface area contributed by atoms with Gasteiger partial charge in [0.1, 0.15) is 35.0 Å². The number of aromatic carboxylic acids is 1. The number of fused-ring (bicyclic) bond motifs is 1. The Kier molecular flexibility index (Phi) is 9.88. The number of hydrogen-bond donors (Lipinski definition) is 7. The summed E-state index contributed by atoms with van der Waals surface area (Å²) in [7, 11) is 0. The van der Waals surface area contributed by atoms with Crippen LogP contribution in [0.2, 0.25) is 0 Å². The fraction of sp³-hybridized carbons (Fsp3) is 0.172. The standard InChI is InChI=1S/C29H23N7O12S3/c30-27-31-15(10-50-27)19(35-46-7-11-1-3-16(37)14(5-11)26(42)43)21(40)32-20-23(41)36-24(48-29(44)45)13(8-49-25(20)36)9-51-28-34-33-22(47-28)12-2-4-17(38)18(39)6-12/h1-6,10,20,25,37-39H,7-9H2,(H2,30,31)(H,32,40)(H,42,43)(H,44,45)/t20-,25+/m1/s1. The number of nitrogens with one attached hydrogen (secondary N) is 1. The number of benzene rings is 2. The lowest BCUT2D eigenvalue weighted by molar-refractivity contribution is -0.148. The van der Waals surface area contributed by atoms with Crippen molar-refractivity contribution in [3.05, 3.63) is 70.1 Å². The zero-order chi connectivity index (χ0) is 36.4. The summed E-state index contributed by atoms with van der Waals surface area (Å²) in [4.78, 5) is 60.3. The zero-order valence-electron chi connectivity index (χ0n) is 25.4. The number of rotatable bonds is 12. The molecule has 0 spiro atoms. The Morgan fingerprint density at radius 3 is 2.59 bits per heavy atom. The zero-order valence-corrected chi connectivity index (χ0v) is 27.9. The second kappa shape index (κ2) is 14.5. The van der Waals surface area contributed by atoms with Gasteiger partial charge in [0.15, 0.2) is 22.3 Å². The van der Waals surface area contributed by atoms with Crippen LogP contribution in [0.15, 0.2) is 68.0 Å². The quantitative estimate of drug-likeness (QED) is 0.0273. The number of phenolic OH excluding ortho intramolecular Hbond substituents is 2. The molecule has 1 saturated heterocycles. The Hall–Kier alpha value is -6.00. The van der Waals surface area contributed by atoms with Crippen LogP contribution in [0.3, 0.4) is 0 Å². The van der Waals surface area contributed by atoms with E-state index < -0.39 is 41.1 Å². The van der Waals surface area contributed by atoms with Crippen LogP contribution in [-0.4, -0.2) is 98.2 Å². The average Bonchev–Trinajstić information content (AvgIpc) is 3.75. The number of nitrogens with two attached hydrogens (primary N) is 1. The summed E-state index contributed by atoms with van der Waals surface area (Å²) in [6, 6.07) is 6.59. The highest BCUT2D eigenvalue weighted by atomic mass is 32.2. The normalized spacial score (nSPS) is 17.1. The van der Waals surface area contributed by atoms with Crippen LogP contribution in [0.4, 0.5) is 9.93 Å². The van der Waals surface area contributed by atoms with Crippen molar-refractivity contribution >= 4 is 69.6 Å². The van der Waals surface area contributed by atoms with Gasteiger partial charge in [0, 0.05) is 28.0 Å². The molecule has 264 valence electrons. The molecule has 0 saturated carbocycles. The highest BCUT2D eigenvalue weighted by molar-refractivity contribution is 8.01. The third-order valence-corrected chi connectivity index (χ3v) is 10.0. The number of carbonyl (C=O) groups excluding carboxylic acids is 2. The second-order valence-corrected chi connectivity index (χ2v) is 13.4. The van der Waals surface area contributed by atoms with Crippen molar-refractivity contribution in [2.75, 3.05) is 17.2 Å². The van der Waals surface area contributed by atoms with Crippen molar-refractivity contribution in [1.82, 2.24) is 25.4 Å². The van der Waals surface area contributed by atoms with Gasteiger partial charge in [-0.2, -0.15) is 0 Å². The molecule has 19 nitrogen and oxygen atoms in total. The minimum Gasteiger partial charge on any atom is -0.507 e. The molecule has 2 aliphatic rings. The molecule has 4 aromatic rings. The van der Waals surface area contributed by atoms with Crippen LogP contribution in [0.5, 0.6) is 17.2 Å². The van der Waals surface area contributed by atoms with E-state index in [2.05, 4.69) is 25.7 Å². The molecular weight excluding hydrogens is 735 g/mol. The first kappa shape index (κ1) is 34.8. The van der Waals surface area contributed by atoms with Crippen molar-refractivity contribution in [3.63, 3.8) is 0 Å². The Balaban J connectivity index is 1.15. The summed E-state index contributed by atoms with van der Waals surface area (Å²) in [5.74, 6) is -3.93. The first-order valence-corrected chi connectivity index (χ1v) is 17.1. The first-order chi connectivity index (χ1) is 24.4. The Morgan fingerprint density at radius 2 is 1.88 bits per heavy atom. The molecular formula is C29H23N7O12S3. The average molecular weight is 758 g/mol. The maximum Gasteiger partial charge on any atom is 0.512 e. The number of thioether (sulfide) groups is 2. The summed E-state index contributed by atoms with van der Waals surface area (Å²) < 4.78 is 10.6. The molecule has 4 heterocycles. The van der Waals surface area contributed by atoms with E-state index >= 15 is 0 Å². The van der Waals surface area contributed by atoms with Crippen molar-refractivity contribution < 1.29 is 58.7 Å². The molecule has 2 aromatic heterocycles. The van der Waals surface area contributed by atoms with Crippen LogP contribution >= 0.6 is 34.9 Å². The first-order valence-electron chi connectivity index (χ1n) is 14.2. The van der Waals surface area contributed by atoms with Crippen LogP contribution in [0.1, 0.15) is 21.6 Å². The predicted octanol–water partition coefficient (Wildman–Crippen LogP) is 2.61. The topological polar surface area (TPSA) is 293 Å². The molecule has 1 fully saturated rings. The van der Waals surface area contributed by atoms with E-state index in [1.807, 2.05) is 0 Å². The number of carboxylic acids is 1. The SMILES string of the molecule is Nc1nc(C(=NOCc2ccc(O)c(C(=O)O)c2)C(=O)N[C@@H]2C(=O)N3C(OC(=O)O)=C(CSc4nnc(-c5ccc(O)c(O)c5)o4)CS[C@@H]23)cs1. The van der Waals surface area contributed by atoms with Gasteiger partial charge in [-0.1, -0.05) is 23.0 Å². The number of ether oxygens (including phenoxy) is 1. The minimum atomic E-state index is -1.66. The number of aromatic nitrogens is 3. The summed E-state index contributed by atoms with van der Waals surface area (Å²) in [6.07, 6.45) is -1.66. The number of phenols is 3. The number of aromatic hydroxyl groups is 3. The maximum atomic E-state index is 13.5. The second-order valence-electron chi connectivity index (χ2n) is 10.4. The molecule has 0 unspecified atom stereocenters. The van der Waals surface area contributed by atoms with Gasteiger partial charge in [0.2, 0.25) is 11.8 Å².